The van der Waals surface area contributed by atoms with Gasteiger partial charge in [0, 0.05) is 25.4 Å². The van der Waals surface area contributed by atoms with Gasteiger partial charge in [0.15, 0.2) is 5.78 Å². The maximum atomic E-state index is 12.5. The minimum atomic E-state index is -0.186. The molecule has 2 rings (SSSR count). The summed E-state index contributed by atoms with van der Waals surface area (Å²) in [5, 5.41) is 13.1. The highest BCUT2D eigenvalue weighted by Crippen LogP contribution is 2.24. The van der Waals surface area contributed by atoms with E-state index in [-0.39, 0.29) is 17.2 Å². The zero-order valence-corrected chi connectivity index (χ0v) is 17.9. The number of hydrogen-bond acceptors (Lipinski definition) is 6. The SMILES string of the molecule is CC/C=C(/Nc1c(C)n(C)c(=O)n(C)c1=S)SCC(=O)c1cccc(C#N)c1. The van der Waals surface area contributed by atoms with E-state index in [1.807, 2.05) is 26.0 Å². The molecular formula is C20H22N4O2S2. The van der Waals surface area contributed by atoms with Gasteiger partial charge in [-0.1, -0.05) is 37.4 Å². The van der Waals surface area contributed by atoms with Gasteiger partial charge in [-0.25, -0.2) is 4.79 Å². The molecule has 2 aromatic rings. The van der Waals surface area contributed by atoms with Crippen molar-refractivity contribution in [2.45, 2.75) is 20.3 Å². The number of aromatic nitrogens is 2. The van der Waals surface area contributed by atoms with E-state index in [1.54, 1.807) is 38.4 Å². The number of anilines is 1. The topological polar surface area (TPSA) is 79.8 Å². The van der Waals surface area contributed by atoms with Crippen LogP contribution in [0, 0.1) is 22.9 Å². The summed E-state index contributed by atoms with van der Waals surface area (Å²) >= 11 is 6.79. The molecule has 0 spiro atoms. The zero-order valence-electron chi connectivity index (χ0n) is 16.3. The molecule has 1 heterocycles. The van der Waals surface area contributed by atoms with Gasteiger partial charge in [0.1, 0.15) is 4.64 Å². The molecule has 8 heteroatoms. The Morgan fingerprint density at radius 2 is 2.07 bits per heavy atom. The van der Waals surface area contributed by atoms with Crippen molar-refractivity contribution in [1.29, 1.82) is 5.26 Å². The summed E-state index contributed by atoms with van der Waals surface area (Å²) in [6, 6.07) is 8.72. The second kappa shape index (κ2) is 9.53. The first-order valence-electron chi connectivity index (χ1n) is 8.70. The van der Waals surface area contributed by atoms with Crippen LogP contribution < -0.4 is 11.0 Å². The Kier molecular flexibility index (Phi) is 7.38. The Morgan fingerprint density at radius 1 is 1.36 bits per heavy atom. The molecule has 6 nitrogen and oxygen atoms in total. The van der Waals surface area contributed by atoms with Crippen molar-refractivity contribution in [3.8, 4) is 6.07 Å². The molecule has 0 aliphatic rings. The fraction of sp³-hybridized carbons (Fsp3) is 0.300. The third kappa shape index (κ3) is 4.80. The number of allylic oxidation sites excluding steroid dienone is 1. The smallest absolute Gasteiger partial charge is 0.328 e. The van der Waals surface area contributed by atoms with Crippen molar-refractivity contribution in [2.24, 2.45) is 14.1 Å². The molecule has 0 radical (unpaired) electrons. The largest absolute Gasteiger partial charge is 0.347 e. The van der Waals surface area contributed by atoms with Crippen molar-refractivity contribution >= 4 is 35.5 Å². The molecule has 1 N–H and O–H groups in total. The second-order valence-corrected chi connectivity index (χ2v) is 7.58. The highest BCUT2D eigenvalue weighted by atomic mass is 32.2. The van der Waals surface area contributed by atoms with Gasteiger partial charge in [-0.15, -0.1) is 11.8 Å². The van der Waals surface area contributed by atoms with E-state index in [2.05, 4.69) is 5.32 Å². The van der Waals surface area contributed by atoms with Crippen molar-refractivity contribution < 1.29 is 4.79 Å². The average molecular weight is 415 g/mol. The molecule has 0 bridgehead atoms. The highest BCUT2D eigenvalue weighted by molar-refractivity contribution is 8.03. The van der Waals surface area contributed by atoms with Crippen LogP contribution >= 0.6 is 24.0 Å². The molecule has 28 heavy (non-hydrogen) atoms. The first kappa shape index (κ1) is 21.7. The quantitative estimate of drug-likeness (QED) is 0.546. The Hall–Kier alpha value is -2.63. The normalized spacial score (nSPS) is 11.2. The average Bonchev–Trinajstić information content (AvgIpc) is 2.71. The molecule has 0 unspecified atom stereocenters. The Balaban J connectivity index is 2.23. The molecule has 1 aromatic heterocycles. The van der Waals surface area contributed by atoms with Crippen LogP contribution in [0.3, 0.4) is 0 Å². The van der Waals surface area contributed by atoms with Gasteiger partial charge < -0.3 is 5.32 Å². The Morgan fingerprint density at radius 3 is 2.71 bits per heavy atom. The molecule has 0 saturated carbocycles. The number of carbonyl (C=O) groups is 1. The lowest BCUT2D eigenvalue weighted by Crippen LogP contribution is -2.30. The number of hydrogen-bond donors (Lipinski definition) is 1. The third-order valence-corrected chi connectivity index (χ3v) is 5.73. The van der Waals surface area contributed by atoms with E-state index in [4.69, 9.17) is 17.5 Å². The minimum absolute atomic E-state index is 0.0627. The van der Waals surface area contributed by atoms with Crippen LogP contribution in [0.4, 0.5) is 5.69 Å². The number of thioether (sulfide) groups is 1. The van der Waals surface area contributed by atoms with Crippen LogP contribution in [-0.4, -0.2) is 20.7 Å². The predicted octanol–water partition coefficient (Wildman–Crippen LogP) is 3.91. The maximum Gasteiger partial charge on any atom is 0.328 e. The fourth-order valence-corrected chi connectivity index (χ4v) is 3.72. The summed E-state index contributed by atoms with van der Waals surface area (Å²) in [5.41, 5.74) is 2.18. The highest BCUT2D eigenvalue weighted by Gasteiger charge is 2.13. The molecule has 1 aromatic carbocycles. The van der Waals surface area contributed by atoms with Gasteiger partial charge in [-0.2, -0.15) is 5.26 Å². The summed E-state index contributed by atoms with van der Waals surface area (Å²) < 4.78 is 3.36. The molecule has 0 aliphatic carbocycles. The van der Waals surface area contributed by atoms with Crippen LogP contribution in [0.25, 0.3) is 0 Å². The van der Waals surface area contributed by atoms with E-state index in [9.17, 15) is 9.59 Å². The number of ketones is 1. The molecule has 0 aliphatic heterocycles. The van der Waals surface area contributed by atoms with Crippen molar-refractivity contribution in [1.82, 2.24) is 9.13 Å². The number of benzene rings is 1. The molecule has 146 valence electrons. The maximum absolute atomic E-state index is 12.5. The van der Waals surface area contributed by atoms with Gasteiger partial charge in [0.25, 0.3) is 0 Å². The Labute approximate surface area is 173 Å². The van der Waals surface area contributed by atoms with Crippen LogP contribution in [0.15, 0.2) is 40.2 Å². The lowest BCUT2D eigenvalue weighted by atomic mass is 10.1. The summed E-state index contributed by atoms with van der Waals surface area (Å²) in [4.78, 5) is 24.6. The standard InChI is InChI=1S/C20H22N4O2S2/c1-5-7-17(22-18-13(2)23(3)20(26)24(4)19(18)27)28-12-16(25)15-9-6-8-14(10-15)11-21/h6-10,22H,5,12H2,1-4H3/b17-7-. The van der Waals surface area contributed by atoms with Gasteiger partial charge in [0.2, 0.25) is 0 Å². The molecule has 0 fully saturated rings. The van der Waals surface area contributed by atoms with Crippen LogP contribution in [0.5, 0.6) is 0 Å². The molecule has 0 saturated heterocycles. The van der Waals surface area contributed by atoms with Crippen molar-refractivity contribution in [3.63, 3.8) is 0 Å². The van der Waals surface area contributed by atoms with Crippen LogP contribution in [-0.2, 0) is 14.1 Å². The summed E-state index contributed by atoms with van der Waals surface area (Å²) in [5.74, 6) is 0.157. The summed E-state index contributed by atoms with van der Waals surface area (Å²) in [7, 11) is 3.33. The lowest BCUT2D eigenvalue weighted by Gasteiger charge is -2.17. The van der Waals surface area contributed by atoms with E-state index in [0.29, 0.717) is 21.5 Å². The van der Waals surface area contributed by atoms with E-state index < -0.39 is 0 Å². The van der Waals surface area contributed by atoms with Crippen LogP contribution in [0.1, 0.15) is 35.0 Å². The number of carbonyl (C=O) groups excluding carboxylic acids is 1. The number of nitrogens with zero attached hydrogens (tertiary/aromatic N) is 3. The summed E-state index contributed by atoms with van der Waals surface area (Å²) in [6.07, 6.45) is 2.75. The van der Waals surface area contributed by atoms with Crippen molar-refractivity contribution in [3.05, 3.63) is 67.3 Å². The number of nitrogens with one attached hydrogen (secondary N) is 1. The first-order chi connectivity index (χ1) is 13.3. The first-order valence-corrected chi connectivity index (χ1v) is 10.1. The third-order valence-electron chi connectivity index (χ3n) is 4.27. The van der Waals surface area contributed by atoms with Crippen molar-refractivity contribution in [2.75, 3.05) is 11.1 Å². The minimum Gasteiger partial charge on any atom is -0.347 e. The van der Waals surface area contributed by atoms with Gasteiger partial charge >= 0.3 is 5.69 Å². The van der Waals surface area contributed by atoms with E-state index in [1.165, 1.54) is 20.9 Å². The van der Waals surface area contributed by atoms with E-state index in [0.717, 1.165) is 17.1 Å². The number of nitriles is 1. The molecule has 0 atom stereocenters. The molecule has 0 amide bonds. The van der Waals surface area contributed by atoms with E-state index >= 15 is 0 Å². The zero-order chi connectivity index (χ0) is 20.8. The predicted molar refractivity (Wildman–Crippen MR) is 116 cm³/mol. The summed E-state index contributed by atoms with van der Waals surface area (Å²) in [6.45, 7) is 3.83. The fourth-order valence-electron chi connectivity index (χ4n) is 2.53. The molecular weight excluding hydrogens is 392 g/mol. The number of rotatable bonds is 7. The second-order valence-electron chi connectivity index (χ2n) is 6.17. The lowest BCUT2D eigenvalue weighted by molar-refractivity contribution is 0.102. The number of Topliss-reactive ketones (excluding diaryl/α,β-unsaturated/α-hetero) is 1. The monoisotopic (exact) mass is 414 g/mol. The van der Waals surface area contributed by atoms with Gasteiger partial charge in [-0.05, 0) is 25.5 Å². The van der Waals surface area contributed by atoms with Crippen LogP contribution in [0.2, 0.25) is 0 Å². The Bertz CT molecular complexity index is 1090. The van der Waals surface area contributed by atoms with Gasteiger partial charge in [-0.3, -0.25) is 13.9 Å². The van der Waals surface area contributed by atoms with Gasteiger partial charge in [0.05, 0.1) is 28.1 Å².